The minimum absolute atomic E-state index is 0.0889. The predicted octanol–water partition coefficient (Wildman–Crippen LogP) is 23.6. The van der Waals surface area contributed by atoms with Crippen LogP contribution in [0.15, 0.2) is 122 Å². The van der Waals surface area contributed by atoms with Crippen molar-refractivity contribution in [3.63, 3.8) is 0 Å². The molecule has 0 radical (unpaired) electrons. The molecule has 0 saturated heterocycles. The third-order valence-corrected chi connectivity index (χ3v) is 14.5. The summed E-state index contributed by atoms with van der Waals surface area (Å²) in [6, 6.07) is 0. The highest BCUT2D eigenvalue weighted by Crippen LogP contribution is 2.17. The maximum atomic E-state index is 12.9. The van der Waals surface area contributed by atoms with Crippen LogP contribution in [-0.2, 0) is 28.6 Å². The second-order valence-corrected chi connectivity index (χ2v) is 22.4. The fraction of sp³-hybridized carbons (Fsp3) is 0.693. The molecule has 0 aromatic rings. The average molecular weight is 1120 g/mol. The summed E-state index contributed by atoms with van der Waals surface area (Å²) in [4.78, 5) is 38.3. The molecule has 0 aromatic carbocycles. The Morgan fingerprint density at radius 1 is 0.259 bits per heavy atom. The molecule has 0 fully saturated rings. The highest BCUT2D eigenvalue weighted by molar-refractivity contribution is 5.71. The molecule has 81 heavy (non-hydrogen) atoms. The molecule has 0 N–H and O–H groups in total. The largest absolute Gasteiger partial charge is 0.462 e. The van der Waals surface area contributed by atoms with E-state index in [0.717, 1.165) is 122 Å². The number of hydrogen-bond acceptors (Lipinski definition) is 6. The van der Waals surface area contributed by atoms with Crippen molar-refractivity contribution in [3.8, 4) is 0 Å². The molecule has 1 unspecified atom stereocenters. The standard InChI is InChI=1S/C75H126O6/c1-4-7-10-13-16-19-22-25-27-29-31-32-33-34-35-36-37-38-39-40-41-42-43-44-45-47-48-50-53-56-59-62-65-68-74(77)80-71-72(70-79-73(76)67-64-61-58-55-52-24-21-18-15-12-9-6-3)81-75(78)69-66-63-60-57-54-51-49-46-30-28-26-23-20-17-14-11-8-5-2/h7,10,16,19,25,27,31-32,34-35,37-38,40-41,43-44,47-48,53,56,72H,4-6,8-9,11-15,17-18,20-24,26,28-30,33,36,39,42,45-46,49-52,54-55,57-71H2,1-3H3/b10-7-,19-16-,27-25-,32-31-,35-34-,38-37-,41-40-,44-43-,48-47-,56-53-. The van der Waals surface area contributed by atoms with Gasteiger partial charge in [-0.3, -0.25) is 14.4 Å². The van der Waals surface area contributed by atoms with Crippen LogP contribution in [0.3, 0.4) is 0 Å². The van der Waals surface area contributed by atoms with E-state index >= 15 is 0 Å². The lowest BCUT2D eigenvalue weighted by Gasteiger charge is -2.18. The number of rotatable bonds is 61. The Morgan fingerprint density at radius 2 is 0.481 bits per heavy atom. The summed E-state index contributed by atoms with van der Waals surface area (Å²) in [6.45, 7) is 6.52. The van der Waals surface area contributed by atoms with Crippen LogP contribution in [0.1, 0.15) is 316 Å². The summed E-state index contributed by atoms with van der Waals surface area (Å²) >= 11 is 0. The van der Waals surface area contributed by atoms with Crippen LogP contribution in [0, 0.1) is 0 Å². The van der Waals surface area contributed by atoms with E-state index in [2.05, 4.69) is 142 Å². The zero-order chi connectivity index (χ0) is 58.5. The highest BCUT2D eigenvalue weighted by atomic mass is 16.6. The number of carbonyl (C=O) groups is 3. The van der Waals surface area contributed by atoms with Crippen LogP contribution in [0.25, 0.3) is 0 Å². The summed E-state index contributed by atoms with van der Waals surface area (Å²) in [5.74, 6) is -0.924. The fourth-order valence-electron chi connectivity index (χ4n) is 9.41. The normalized spacial score (nSPS) is 12.9. The van der Waals surface area contributed by atoms with Crippen molar-refractivity contribution in [2.45, 2.75) is 322 Å². The predicted molar refractivity (Wildman–Crippen MR) is 353 cm³/mol. The van der Waals surface area contributed by atoms with Crippen LogP contribution in [0.5, 0.6) is 0 Å². The van der Waals surface area contributed by atoms with Gasteiger partial charge in [-0.1, -0.05) is 322 Å². The van der Waals surface area contributed by atoms with Gasteiger partial charge in [-0.05, 0) is 96.3 Å². The van der Waals surface area contributed by atoms with Gasteiger partial charge in [-0.2, -0.15) is 0 Å². The molecule has 0 saturated carbocycles. The molecular weight excluding hydrogens is 997 g/mol. The highest BCUT2D eigenvalue weighted by Gasteiger charge is 2.19. The van der Waals surface area contributed by atoms with E-state index in [1.807, 2.05) is 0 Å². The van der Waals surface area contributed by atoms with Gasteiger partial charge >= 0.3 is 17.9 Å². The van der Waals surface area contributed by atoms with Gasteiger partial charge in [0, 0.05) is 19.3 Å². The Bertz CT molecular complexity index is 1670. The number of ether oxygens (including phenoxy) is 3. The maximum Gasteiger partial charge on any atom is 0.306 e. The summed E-state index contributed by atoms with van der Waals surface area (Å²) in [6.07, 6.45) is 95.0. The summed E-state index contributed by atoms with van der Waals surface area (Å²) in [7, 11) is 0. The average Bonchev–Trinajstić information content (AvgIpc) is 3.47. The van der Waals surface area contributed by atoms with Gasteiger partial charge in [0.15, 0.2) is 6.10 Å². The van der Waals surface area contributed by atoms with Crippen LogP contribution >= 0.6 is 0 Å². The first-order valence-electron chi connectivity index (χ1n) is 34.0. The van der Waals surface area contributed by atoms with E-state index in [1.165, 1.54) is 154 Å². The number of hydrogen-bond donors (Lipinski definition) is 0. The summed E-state index contributed by atoms with van der Waals surface area (Å²) < 4.78 is 16.9. The lowest BCUT2D eigenvalue weighted by atomic mass is 10.0. The van der Waals surface area contributed by atoms with E-state index in [1.54, 1.807) is 0 Å². The van der Waals surface area contributed by atoms with E-state index in [0.29, 0.717) is 19.3 Å². The molecule has 0 spiro atoms. The first-order chi connectivity index (χ1) is 40.0. The van der Waals surface area contributed by atoms with Crippen molar-refractivity contribution in [2.75, 3.05) is 13.2 Å². The van der Waals surface area contributed by atoms with E-state index in [4.69, 9.17) is 14.2 Å². The Morgan fingerprint density at radius 3 is 0.753 bits per heavy atom. The number of allylic oxidation sites excluding steroid dienone is 20. The molecule has 462 valence electrons. The van der Waals surface area contributed by atoms with Gasteiger partial charge in [0.05, 0.1) is 0 Å². The van der Waals surface area contributed by atoms with Crippen molar-refractivity contribution >= 4 is 17.9 Å². The second kappa shape index (κ2) is 68.3. The van der Waals surface area contributed by atoms with Crippen molar-refractivity contribution < 1.29 is 28.6 Å². The van der Waals surface area contributed by atoms with Crippen molar-refractivity contribution in [2.24, 2.45) is 0 Å². The topological polar surface area (TPSA) is 78.9 Å². The van der Waals surface area contributed by atoms with E-state index in [-0.39, 0.29) is 31.1 Å². The SMILES string of the molecule is CC/C=C\C/C=C\C/C=C\C/C=C\C/C=C\C/C=C\C/C=C\C/C=C\C/C=C\C/C=C\CCCCC(=O)OCC(COC(=O)CCCCCCCCCCCCCC)OC(=O)CCCCCCCCCCCCCCCCCCCC. The zero-order valence-corrected chi connectivity index (χ0v) is 53.0. The van der Waals surface area contributed by atoms with Gasteiger partial charge < -0.3 is 14.2 Å². The molecule has 0 aliphatic carbocycles. The number of unbranched alkanes of at least 4 members (excludes halogenated alkanes) is 30. The van der Waals surface area contributed by atoms with Crippen LogP contribution in [-0.4, -0.2) is 37.2 Å². The first-order valence-corrected chi connectivity index (χ1v) is 34.0. The Hall–Kier alpha value is -4.19. The molecule has 0 aliphatic rings. The fourth-order valence-corrected chi connectivity index (χ4v) is 9.41. The summed E-state index contributed by atoms with van der Waals surface area (Å²) in [5, 5.41) is 0. The van der Waals surface area contributed by atoms with Gasteiger partial charge in [-0.25, -0.2) is 0 Å². The molecular formula is C75H126O6. The summed E-state index contributed by atoms with van der Waals surface area (Å²) in [5.41, 5.74) is 0. The number of esters is 3. The van der Waals surface area contributed by atoms with Gasteiger partial charge in [0.1, 0.15) is 13.2 Å². The second-order valence-electron chi connectivity index (χ2n) is 22.4. The van der Waals surface area contributed by atoms with E-state index in [9.17, 15) is 14.4 Å². The molecule has 6 heteroatoms. The third-order valence-electron chi connectivity index (χ3n) is 14.5. The molecule has 0 amide bonds. The lowest BCUT2D eigenvalue weighted by molar-refractivity contribution is -0.167. The molecule has 0 aliphatic heterocycles. The van der Waals surface area contributed by atoms with Gasteiger partial charge in [0.2, 0.25) is 0 Å². The van der Waals surface area contributed by atoms with Crippen LogP contribution in [0.2, 0.25) is 0 Å². The molecule has 6 nitrogen and oxygen atoms in total. The van der Waals surface area contributed by atoms with Gasteiger partial charge in [-0.15, -0.1) is 0 Å². The smallest absolute Gasteiger partial charge is 0.306 e. The van der Waals surface area contributed by atoms with Crippen LogP contribution in [0.4, 0.5) is 0 Å². The van der Waals surface area contributed by atoms with Crippen molar-refractivity contribution in [1.29, 1.82) is 0 Å². The Labute approximate surface area is 501 Å². The van der Waals surface area contributed by atoms with E-state index < -0.39 is 6.10 Å². The lowest BCUT2D eigenvalue weighted by Crippen LogP contribution is -2.30. The minimum Gasteiger partial charge on any atom is -0.462 e. The van der Waals surface area contributed by atoms with Crippen molar-refractivity contribution in [1.82, 2.24) is 0 Å². The maximum absolute atomic E-state index is 12.9. The minimum atomic E-state index is -0.796. The third kappa shape index (κ3) is 66.5. The zero-order valence-electron chi connectivity index (χ0n) is 53.0. The Balaban J connectivity index is 4.35. The quantitative estimate of drug-likeness (QED) is 0.0261. The van der Waals surface area contributed by atoms with Crippen molar-refractivity contribution in [3.05, 3.63) is 122 Å². The van der Waals surface area contributed by atoms with Crippen LogP contribution < -0.4 is 0 Å². The molecule has 1 atom stereocenters. The molecule has 0 aromatic heterocycles. The number of carbonyl (C=O) groups excluding carboxylic acids is 3. The molecule has 0 bridgehead atoms. The van der Waals surface area contributed by atoms with Gasteiger partial charge in [0.25, 0.3) is 0 Å². The molecule has 0 heterocycles. The molecule has 0 rings (SSSR count). The Kier molecular flexibility index (Phi) is 64.8. The first kappa shape index (κ1) is 76.8. The monoisotopic (exact) mass is 1120 g/mol.